The van der Waals surface area contributed by atoms with Gasteiger partial charge in [-0.05, 0) is 62.5 Å². The van der Waals surface area contributed by atoms with Gasteiger partial charge in [0.1, 0.15) is 5.58 Å². The highest BCUT2D eigenvalue weighted by Crippen LogP contribution is 2.31. The number of aryl methyl sites for hydroxylation is 1. The summed E-state index contributed by atoms with van der Waals surface area (Å²) >= 11 is 5.97. The number of nitrogens with zero attached hydrogens (tertiary/aromatic N) is 3. The fraction of sp³-hybridized carbons (Fsp3) is 0.320. The molecule has 1 saturated heterocycles. The molecule has 0 aliphatic carbocycles. The van der Waals surface area contributed by atoms with Crippen molar-refractivity contribution < 1.29 is 13.7 Å². The number of hydrogen-bond donors (Lipinski definition) is 1. The minimum absolute atomic E-state index is 0.0509. The number of amides is 1. The lowest BCUT2D eigenvalue weighted by molar-refractivity contribution is 0.0891. The van der Waals surface area contributed by atoms with Crippen molar-refractivity contribution in [3.05, 3.63) is 70.6 Å². The van der Waals surface area contributed by atoms with Crippen molar-refractivity contribution in [3.63, 3.8) is 0 Å². The van der Waals surface area contributed by atoms with Crippen molar-refractivity contribution in [2.75, 3.05) is 19.6 Å². The largest absolute Gasteiger partial charge is 0.452 e. The van der Waals surface area contributed by atoms with Crippen LogP contribution in [0.25, 0.3) is 22.6 Å². The molecule has 2 aromatic heterocycles. The summed E-state index contributed by atoms with van der Waals surface area (Å²) in [7, 11) is 0. The van der Waals surface area contributed by atoms with E-state index in [0.29, 0.717) is 18.2 Å². The lowest BCUT2D eigenvalue weighted by Gasteiger charge is -2.32. The Hall–Kier alpha value is -3.16. The summed E-state index contributed by atoms with van der Waals surface area (Å²) in [6.07, 6.45) is 2.06. The summed E-state index contributed by atoms with van der Waals surface area (Å²) < 4.78 is 11.1. The number of rotatable bonds is 6. The van der Waals surface area contributed by atoms with E-state index in [0.717, 1.165) is 54.0 Å². The molecular formula is C25H25ClN4O3. The molecule has 170 valence electrons. The Balaban J connectivity index is 1.13. The van der Waals surface area contributed by atoms with E-state index in [2.05, 4.69) is 32.5 Å². The van der Waals surface area contributed by atoms with Crippen LogP contribution in [0.1, 0.15) is 34.7 Å². The molecule has 1 aliphatic rings. The average Bonchev–Trinajstić information content (AvgIpc) is 3.45. The fourth-order valence-corrected chi connectivity index (χ4v) is 4.43. The Kier molecular flexibility index (Phi) is 6.15. The first-order valence-electron chi connectivity index (χ1n) is 11.1. The standard InChI is InChI=1S/C25H25ClN4O3/c1-16-20-4-2-3-5-21(20)32-22(16)23-28-25(33-29-23)24(31)27-14-17-10-12-30(13-11-17)15-18-6-8-19(26)9-7-18/h2-9,17H,10-15H2,1H3,(H,27,31). The number of fused-ring (bicyclic) bond motifs is 1. The molecule has 4 aromatic rings. The number of piperidine rings is 1. The van der Waals surface area contributed by atoms with Gasteiger partial charge in [-0.2, -0.15) is 4.98 Å². The van der Waals surface area contributed by atoms with Crippen LogP contribution in [0.3, 0.4) is 0 Å². The topological polar surface area (TPSA) is 84.4 Å². The van der Waals surface area contributed by atoms with E-state index < -0.39 is 0 Å². The minimum atomic E-state index is -0.355. The van der Waals surface area contributed by atoms with Crippen LogP contribution in [0, 0.1) is 12.8 Å². The second kappa shape index (κ2) is 9.37. The van der Waals surface area contributed by atoms with Crippen molar-refractivity contribution in [1.82, 2.24) is 20.4 Å². The van der Waals surface area contributed by atoms with Crippen LogP contribution in [-0.2, 0) is 6.54 Å². The molecule has 5 rings (SSSR count). The highest BCUT2D eigenvalue weighted by atomic mass is 35.5. The van der Waals surface area contributed by atoms with E-state index in [1.54, 1.807) is 0 Å². The summed E-state index contributed by atoms with van der Waals surface area (Å²) in [5, 5.41) is 8.65. The molecule has 3 heterocycles. The number of nitrogens with one attached hydrogen (secondary N) is 1. The number of aromatic nitrogens is 2. The normalized spacial score (nSPS) is 15.2. The Morgan fingerprint density at radius 2 is 1.91 bits per heavy atom. The van der Waals surface area contributed by atoms with Crippen LogP contribution < -0.4 is 5.32 Å². The Morgan fingerprint density at radius 1 is 1.15 bits per heavy atom. The zero-order valence-corrected chi connectivity index (χ0v) is 19.1. The van der Waals surface area contributed by atoms with Gasteiger partial charge in [-0.3, -0.25) is 9.69 Å². The monoisotopic (exact) mass is 464 g/mol. The molecule has 0 atom stereocenters. The second-order valence-electron chi connectivity index (χ2n) is 8.53. The van der Waals surface area contributed by atoms with E-state index in [-0.39, 0.29) is 17.6 Å². The van der Waals surface area contributed by atoms with Crippen molar-refractivity contribution in [1.29, 1.82) is 0 Å². The summed E-state index contributed by atoms with van der Waals surface area (Å²) in [6.45, 7) is 5.45. The summed E-state index contributed by atoms with van der Waals surface area (Å²) in [6, 6.07) is 15.7. The van der Waals surface area contributed by atoms with Crippen LogP contribution in [0.2, 0.25) is 5.02 Å². The number of para-hydroxylation sites is 1. The number of halogens is 1. The number of likely N-dealkylation sites (tertiary alicyclic amines) is 1. The van der Waals surface area contributed by atoms with E-state index in [1.165, 1.54) is 5.56 Å². The first-order chi connectivity index (χ1) is 16.1. The van der Waals surface area contributed by atoms with Gasteiger partial charge in [0.15, 0.2) is 5.76 Å². The maximum Gasteiger partial charge on any atom is 0.316 e. The van der Waals surface area contributed by atoms with Crippen molar-refractivity contribution in [2.24, 2.45) is 5.92 Å². The van der Waals surface area contributed by atoms with Gasteiger partial charge in [0.25, 0.3) is 0 Å². The van der Waals surface area contributed by atoms with E-state index in [9.17, 15) is 4.79 Å². The third-order valence-corrected chi connectivity index (χ3v) is 6.50. The van der Waals surface area contributed by atoms with E-state index >= 15 is 0 Å². The van der Waals surface area contributed by atoms with Gasteiger partial charge in [-0.1, -0.05) is 47.1 Å². The summed E-state index contributed by atoms with van der Waals surface area (Å²) in [5.41, 5.74) is 2.94. The number of benzene rings is 2. The quantitative estimate of drug-likeness (QED) is 0.428. The Morgan fingerprint density at radius 3 is 2.67 bits per heavy atom. The first kappa shape index (κ1) is 21.7. The molecule has 1 N–H and O–H groups in total. The Labute approximate surface area is 196 Å². The Bertz CT molecular complexity index is 1260. The van der Waals surface area contributed by atoms with Crippen LogP contribution >= 0.6 is 11.6 Å². The SMILES string of the molecule is Cc1c(-c2noc(C(=O)NCC3CCN(Cc4ccc(Cl)cc4)CC3)n2)oc2ccccc12. The van der Waals surface area contributed by atoms with Crippen molar-refractivity contribution in [2.45, 2.75) is 26.3 Å². The van der Waals surface area contributed by atoms with Crippen LogP contribution in [0.5, 0.6) is 0 Å². The van der Waals surface area contributed by atoms with Crippen molar-refractivity contribution in [3.8, 4) is 11.6 Å². The van der Waals surface area contributed by atoms with Gasteiger partial charge >= 0.3 is 11.8 Å². The number of carbonyl (C=O) groups is 1. The zero-order chi connectivity index (χ0) is 22.8. The molecule has 0 bridgehead atoms. The second-order valence-corrected chi connectivity index (χ2v) is 8.97. The number of furan rings is 1. The molecular weight excluding hydrogens is 440 g/mol. The predicted octanol–water partition coefficient (Wildman–Crippen LogP) is 5.09. The highest BCUT2D eigenvalue weighted by molar-refractivity contribution is 6.30. The lowest BCUT2D eigenvalue weighted by Crippen LogP contribution is -2.38. The fourth-order valence-electron chi connectivity index (χ4n) is 4.30. The highest BCUT2D eigenvalue weighted by Gasteiger charge is 2.23. The van der Waals surface area contributed by atoms with Gasteiger partial charge < -0.3 is 14.3 Å². The van der Waals surface area contributed by atoms with E-state index in [4.69, 9.17) is 20.5 Å². The van der Waals surface area contributed by atoms with E-state index in [1.807, 2.05) is 43.3 Å². The maximum absolute atomic E-state index is 12.6. The molecule has 1 amide bonds. The third-order valence-electron chi connectivity index (χ3n) is 6.24. The average molecular weight is 465 g/mol. The molecule has 1 fully saturated rings. The summed E-state index contributed by atoms with van der Waals surface area (Å²) in [5.74, 6) is 0.822. The molecule has 0 unspecified atom stereocenters. The number of hydrogen-bond acceptors (Lipinski definition) is 6. The smallest absolute Gasteiger partial charge is 0.316 e. The van der Waals surface area contributed by atoms with Crippen LogP contribution in [0.15, 0.2) is 57.5 Å². The number of carbonyl (C=O) groups excluding carboxylic acids is 1. The molecule has 7 nitrogen and oxygen atoms in total. The molecule has 33 heavy (non-hydrogen) atoms. The lowest BCUT2D eigenvalue weighted by atomic mass is 9.96. The minimum Gasteiger partial charge on any atom is -0.452 e. The van der Waals surface area contributed by atoms with Gasteiger partial charge in [0.05, 0.1) is 0 Å². The molecule has 8 heteroatoms. The maximum atomic E-state index is 12.6. The molecule has 0 radical (unpaired) electrons. The van der Waals surface area contributed by atoms with Gasteiger partial charge in [-0.15, -0.1) is 0 Å². The predicted molar refractivity (Wildman–Crippen MR) is 126 cm³/mol. The zero-order valence-electron chi connectivity index (χ0n) is 18.4. The van der Waals surface area contributed by atoms with Crippen molar-refractivity contribution >= 4 is 28.5 Å². The molecule has 0 spiro atoms. The van der Waals surface area contributed by atoms with Crippen LogP contribution in [-0.4, -0.2) is 40.6 Å². The summed E-state index contributed by atoms with van der Waals surface area (Å²) in [4.78, 5) is 19.3. The van der Waals surface area contributed by atoms with Gasteiger partial charge in [0.2, 0.25) is 5.82 Å². The third kappa shape index (κ3) is 4.79. The van der Waals surface area contributed by atoms with Crippen LogP contribution in [0.4, 0.5) is 0 Å². The molecule has 1 aliphatic heterocycles. The first-order valence-corrected chi connectivity index (χ1v) is 11.5. The molecule has 2 aromatic carbocycles. The van der Waals surface area contributed by atoms with Gasteiger partial charge in [-0.25, -0.2) is 0 Å². The molecule has 0 saturated carbocycles. The van der Waals surface area contributed by atoms with Gasteiger partial charge in [0, 0.05) is 29.1 Å².